The number of carbonyl (C=O) groups excluding carboxylic acids is 1. The number of carbonyl (C=O) groups is 1. The number of amides is 1. The first-order valence-corrected chi connectivity index (χ1v) is 6.63. The second kappa shape index (κ2) is 5.85. The highest BCUT2D eigenvalue weighted by molar-refractivity contribution is 6.31. The molecule has 1 aromatic carbocycles. The van der Waals surface area contributed by atoms with E-state index in [0.717, 1.165) is 0 Å². The largest absolute Gasteiger partial charge is 0.448 e. The number of nitrogens with zero attached hydrogens (tertiary/aromatic N) is 2. The second-order valence-electron chi connectivity index (χ2n) is 4.16. The molecule has 8 heteroatoms. The van der Waals surface area contributed by atoms with Crippen molar-refractivity contribution in [3.8, 4) is 0 Å². The van der Waals surface area contributed by atoms with Crippen molar-refractivity contribution < 1.29 is 13.9 Å². The Bertz CT molecular complexity index is 658. The van der Waals surface area contributed by atoms with E-state index in [0.29, 0.717) is 16.9 Å². The van der Waals surface area contributed by atoms with Crippen LogP contribution in [-0.4, -0.2) is 22.3 Å². The van der Waals surface area contributed by atoms with E-state index in [-0.39, 0.29) is 18.2 Å². The number of rotatable bonds is 4. The van der Waals surface area contributed by atoms with Crippen LogP contribution < -0.4 is 5.73 Å². The fourth-order valence-electron chi connectivity index (χ4n) is 1.91. The molecular weight excluding hydrogens is 308 g/mol. The normalized spacial score (nSPS) is 12.6. The Morgan fingerprint density at radius 1 is 1.60 bits per heavy atom. The Morgan fingerprint density at radius 3 is 2.90 bits per heavy atom. The first-order valence-electron chi connectivity index (χ1n) is 5.81. The number of hydrogen-bond acceptors (Lipinski definition) is 3. The molecule has 1 aromatic heterocycles. The Balaban J connectivity index is 2.45. The molecule has 0 aliphatic heterocycles. The van der Waals surface area contributed by atoms with Gasteiger partial charge in [-0.2, -0.15) is 0 Å². The highest BCUT2D eigenvalue weighted by Crippen LogP contribution is 2.28. The van der Waals surface area contributed by atoms with Crippen molar-refractivity contribution in [2.45, 2.75) is 18.8 Å². The number of aromatic nitrogens is 2. The van der Waals surface area contributed by atoms with Gasteiger partial charge in [-0.1, -0.05) is 11.6 Å². The van der Waals surface area contributed by atoms with Gasteiger partial charge in [-0.25, -0.2) is 14.2 Å². The van der Waals surface area contributed by atoms with Crippen molar-refractivity contribution in [2.24, 2.45) is 5.73 Å². The fourth-order valence-corrected chi connectivity index (χ4v) is 2.24. The van der Waals surface area contributed by atoms with Crippen LogP contribution in [0.15, 0.2) is 12.1 Å². The summed E-state index contributed by atoms with van der Waals surface area (Å²) in [6.45, 7) is 2.06. The zero-order chi connectivity index (χ0) is 14.9. The number of fused-ring (bicyclic) bond motifs is 1. The molecule has 0 radical (unpaired) electrons. The Kier molecular flexibility index (Phi) is 4.35. The summed E-state index contributed by atoms with van der Waals surface area (Å²) in [5, 5.41) is -0.401. The summed E-state index contributed by atoms with van der Waals surface area (Å²) in [6, 6.07) is 2.71. The van der Waals surface area contributed by atoms with Crippen LogP contribution in [0.1, 0.15) is 18.1 Å². The molecule has 0 saturated carbocycles. The Hall–Kier alpha value is -1.53. The monoisotopic (exact) mass is 319 g/mol. The summed E-state index contributed by atoms with van der Waals surface area (Å²) in [4.78, 5) is 14.9. The molecule has 0 aliphatic rings. The SMILES string of the molecule is CC(Cl)c1nc2cc(Cl)c(F)cc2n1CCOC(N)=O. The lowest BCUT2D eigenvalue weighted by atomic mass is 10.3. The third-order valence-corrected chi connectivity index (χ3v) is 3.22. The third kappa shape index (κ3) is 2.96. The van der Waals surface area contributed by atoms with Gasteiger partial charge in [-0.3, -0.25) is 0 Å². The topological polar surface area (TPSA) is 70.1 Å². The van der Waals surface area contributed by atoms with E-state index < -0.39 is 17.3 Å². The van der Waals surface area contributed by atoms with Crippen LogP contribution in [0.5, 0.6) is 0 Å². The summed E-state index contributed by atoms with van der Waals surface area (Å²) in [5.41, 5.74) is 5.95. The van der Waals surface area contributed by atoms with Gasteiger partial charge in [0.2, 0.25) is 0 Å². The van der Waals surface area contributed by atoms with Gasteiger partial charge in [0.15, 0.2) is 0 Å². The van der Waals surface area contributed by atoms with Gasteiger partial charge < -0.3 is 15.0 Å². The smallest absolute Gasteiger partial charge is 0.404 e. The van der Waals surface area contributed by atoms with Crippen LogP contribution in [0.25, 0.3) is 11.0 Å². The number of nitrogens with two attached hydrogens (primary N) is 1. The average Bonchev–Trinajstić information content (AvgIpc) is 2.68. The molecule has 1 amide bonds. The molecule has 0 fully saturated rings. The van der Waals surface area contributed by atoms with Crippen molar-refractivity contribution in [2.75, 3.05) is 6.61 Å². The maximum Gasteiger partial charge on any atom is 0.404 e. The van der Waals surface area contributed by atoms with E-state index in [2.05, 4.69) is 9.72 Å². The molecule has 0 saturated heterocycles. The van der Waals surface area contributed by atoms with E-state index in [9.17, 15) is 9.18 Å². The van der Waals surface area contributed by atoms with E-state index >= 15 is 0 Å². The zero-order valence-electron chi connectivity index (χ0n) is 10.6. The van der Waals surface area contributed by atoms with Crippen molar-refractivity contribution in [1.29, 1.82) is 0 Å². The van der Waals surface area contributed by atoms with Gasteiger partial charge in [0.1, 0.15) is 18.2 Å². The van der Waals surface area contributed by atoms with Crippen LogP contribution in [0, 0.1) is 5.82 Å². The van der Waals surface area contributed by atoms with Crippen LogP contribution in [-0.2, 0) is 11.3 Å². The third-order valence-electron chi connectivity index (χ3n) is 2.73. The van der Waals surface area contributed by atoms with Gasteiger partial charge in [0.25, 0.3) is 0 Å². The minimum absolute atomic E-state index is 0.00990. The Labute approximate surface area is 124 Å². The lowest BCUT2D eigenvalue weighted by Crippen LogP contribution is -2.17. The van der Waals surface area contributed by atoms with E-state index in [4.69, 9.17) is 28.9 Å². The molecule has 2 N–H and O–H groups in total. The highest BCUT2D eigenvalue weighted by atomic mass is 35.5. The fraction of sp³-hybridized carbons (Fsp3) is 0.333. The maximum atomic E-state index is 13.6. The van der Waals surface area contributed by atoms with Gasteiger partial charge >= 0.3 is 6.09 Å². The zero-order valence-corrected chi connectivity index (χ0v) is 12.1. The summed E-state index contributed by atoms with van der Waals surface area (Å²) < 4.78 is 19.9. The number of alkyl halides is 1. The Morgan fingerprint density at radius 2 is 2.30 bits per heavy atom. The first kappa shape index (κ1) is 14.9. The molecule has 20 heavy (non-hydrogen) atoms. The molecule has 0 bridgehead atoms. The lowest BCUT2D eigenvalue weighted by molar-refractivity contribution is 0.152. The standard InChI is InChI=1S/C12H12Cl2FN3O2/c1-6(13)11-17-9-4-7(14)8(15)5-10(9)18(11)2-3-20-12(16)19/h4-6H,2-3H2,1H3,(H2,16,19). The van der Waals surface area contributed by atoms with Crippen molar-refractivity contribution in [1.82, 2.24) is 9.55 Å². The molecule has 0 spiro atoms. The predicted octanol–water partition coefficient (Wildman–Crippen LogP) is 3.22. The molecule has 1 heterocycles. The molecule has 0 aliphatic carbocycles. The van der Waals surface area contributed by atoms with Crippen LogP contribution in [0.4, 0.5) is 9.18 Å². The number of imidazole rings is 1. The lowest BCUT2D eigenvalue weighted by Gasteiger charge is -2.10. The van der Waals surface area contributed by atoms with E-state index in [1.807, 2.05) is 0 Å². The predicted molar refractivity (Wildman–Crippen MR) is 74.5 cm³/mol. The van der Waals surface area contributed by atoms with Crippen LogP contribution in [0.3, 0.4) is 0 Å². The van der Waals surface area contributed by atoms with Crippen LogP contribution in [0.2, 0.25) is 5.02 Å². The minimum atomic E-state index is -0.871. The molecule has 2 rings (SSSR count). The number of ether oxygens (including phenoxy) is 1. The maximum absolute atomic E-state index is 13.6. The first-order chi connectivity index (χ1) is 9.40. The average molecular weight is 320 g/mol. The molecule has 1 unspecified atom stereocenters. The van der Waals surface area contributed by atoms with Gasteiger partial charge in [0, 0.05) is 6.07 Å². The number of hydrogen-bond donors (Lipinski definition) is 1. The van der Waals surface area contributed by atoms with Gasteiger partial charge in [-0.05, 0) is 13.0 Å². The number of halogens is 3. The molecular formula is C12H12Cl2FN3O2. The second-order valence-corrected chi connectivity index (χ2v) is 5.22. The highest BCUT2D eigenvalue weighted by Gasteiger charge is 2.17. The minimum Gasteiger partial charge on any atom is -0.448 e. The summed E-state index contributed by atoms with van der Waals surface area (Å²) in [5.74, 6) is -0.0127. The molecule has 2 aromatic rings. The number of primary amides is 1. The van der Waals surface area contributed by atoms with Crippen molar-refractivity contribution >= 4 is 40.3 Å². The van der Waals surface area contributed by atoms with Crippen molar-refractivity contribution in [3.63, 3.8) is 0 Å². The summed E-state index contributed by atoms with van der Waals surface area (Å²) >= 11 is 11.8. The molecule has 1 atom stereocenters. The summed E-state index contributed by atoms with van der Waals surface area (Å²) in [6.07, 6.45) is -0.871. The van der Waals surface area contributed by atoms with E-state index in [1.165, 1.54) is 12.1 Å². The van der Waals surface area contributed by atoms with Crippen molar-refractivity contribution in [3.05, 3.63) is 28.8 Å². The number of benzene rings is 1. The molecule has 5 nitrogen and oxygen atoms in total. The summed E-state index contributed by atoms with van der Waals surface area (Å²) in [7, 11) is 0. The molecule has 108 valence electrons. The van der Waals surface area contributed by atoms with Gasteiger partial charge in [-0.15, -0.1) is 11.6 Å². The van der Waals surface area contributed by atoms with E-state index in [1.54, 1.807) is 11.5 Å². The van der Waals surface area contributed by atoms with Gasteiger partial charge in [0.05, 0.1) is 28.0 Å². The van der Waals surface area contributed by atoms with Crippen LogP contribution >= 0.6 is 23.2 Å². The quantitative estimate of drug-likeness (QED) is 0.879.